The first-order chi connectivity index (χ1) is 9.29. The molecule has 0 atom stereocenters. The van der Waals surface area contributed by atoms with E-state index in [1.54, 1.807) is 0 Å². The quantitative estimate of drug-likeness (QED) is 0.765. The monoisotopic (exact) mass is 259 g/mol. The summed E-state index contributed by atoms with van der Waals surface area (Å²) in [6, 6.07) is 9.88. The van der Waals surface area contributed by atoms with Gasteiger partial charge >= 0.3 is 0 Å². The van der Waals surface area contributed by atoms with Crippen molar-refractivity contribution in [1.29, 1.82) is 0 Å². The molecule has 1 aromatic heterocycles. The van der Waals surface area contributed by atoms with E-state index in [4.69, 9.17) is 4.74 Å². The molecule has 6 nitrogen and oxygen atoms in total. The minimum Gasteiger partial charge on any atom is -0.491 e. The average molecular weight is 259 g/mol. The molecule has 0 unspecified atom stereocenters. The third-order valence-corrected chi connectivity index (χ3v) is 2.41. The Morgan fingerprint density at radius 3 is 2.84 bits per heavy atom. The standard InChI is InChI=1S/C13H13N3O3/c17-9-15-12-13(18)14-8-11(16-12)19-7-6-10-4-2-1-3-5-10/h1-5,8-9H,6-7H2,(H,14,18)(H,15,16,17). The van der Waals surface area contributed by atoms with Crippen molar-refractivity contribution in [3.05, 3.63) is 42.1 Å². The van der Waals surface area contributed by atoms with Gasteiger partial charge in [-0.05, 0) is 5.56 Å². The Morgan fingerprint density at radius 1 is 1.32 bits per heavy atom. The number of hydrogen-bond acceptors (Lipinski definition) is 5. The summed E-state index contributed by atoms with van der Waals surface area (Å²) in [6.07, 6.45) is 2.45. The highest BCUT2D eigenvalue weighted by molar-refractivity contribution is 5.71. The molecule has 0 aliphatic rings. The summed E-state index contributed by atoms with van der Waals surface area (Å²) >= 11 is 0. The molecule has 19 heavy (non-hydrogen) atoms. The number of aromatic hydroxyl groups is 1. The number of carbonyl (C=O) groups excluding carboxylic acids is 1. The molecule has 1 amide bonds. The third kappa shape index (κ3) is 3.67. The van der Waals surface area contributed by atoms with Crippen LogP contribution in [-0.2, 0) is 11.2 Å². The van der Waals surface area contributed by atoms with Crippen LogP contribution in [0, 0.1) is 0 Å². The first-order valence-electron chi connectivity index (χ1n) is 5.72. The summed E-state index contributed by atoms with van der Waals surface area (Å²) in [5, 5.41) is 11.6. The van der Waals surface area contributed by atoms with Gasteiger partial charge in [-0.15, -0.1) is 0 Å². The number of anilines is 1. The fourth-order valence-electron chi connectivity index (χ4n) is 1.51. The number of benzene rings is 1. The predicted molar refractivity (Wildman–Crippen MR) is 69.0 cm³/mol. The second-order valence-electron chi connectivity index (χ2n) is 3.73. The summed E-state index contributed by atoms with van der Waals surface area (Å²) in [4.78, 5) is 17.9. The van der Waals surface area contributed by atoms with Crippen LogP contribution < -0.4 is 10.1 Å². The maximum Gasteiger partial charge on any atom is 0.255 e. The number of nitrogens with one attached hydrogen (secondary N) is 1. The smallest absolute Gasteiger partial charge is 0.255 e. The van der Waals surface area contributed by atoms with E-state index in [0.717, 1.165) is 12.0 Å². The molecule has 0 spiro atoms. The fourth-order valence-corrected chi connectivity index (χ4v) is 1.51. The molecule has 0 aliphatic carbocycles. The number of carbonyl (C=O) groups is 1. The lowest BCUT2D eigenvalue weighted by atomic mass is 10.2. The van der Waals surface area contributed by atoms with E-state index < -0.39 is 0 Å². The topological polar surface area (TPSA) is 84.3 Å². The Balaban J connectivity index is 1.92. The van der Waals surface area contributed by atoms with Gasteiger partial charge in [-0.25, -0.2) is 4.98 Å². The summed E-state index contributed by atoms with van der Waals surface area (Å²) in [5.41, 5.74) is 1.15. The molecule has 2 rings (SSSR count). The Morgan fingerprint density at radius 2 is 2.11 bits per heavy atom. The van der Waals surface area contributed by atoms with Crippen molar-refractivity contribution in [2.75, 3.05) is 11.9 Å². The lowest BCUT2D eigenvalue weighted by Gasteiger charge is -2.07. The van der Waals surface area contributed by atoms with Crippen LogP contribution >= 0.6 is 0 Å². The molecule has 98 valence electrons. The first-order valence-corrected chi connectivity index (χ1v) is 5.72. The van der Waals surface area contributed by atoms with Gasteiger partial charge < -0.3 is 15.2 Å². The molecule has 0 fully saturated rings. The van der Waals surface area contributed by atoms with Gasteiger partial charge in [-0.1, -0.05) is 30.3 Å². The SMILES string of the molecule is O=CNc1nc(OCCc2ccccc2)cnc1O. The second kappa shape index (κ2) is 6.34. The predicted octanol–water partition coefficient (Wildman–Crippen LogP) is 1.37. The van der Waals surface area contributed by atoms with E-state index in [0.29, 0.717) is 13.0 Å². The van der Waals surface area contributed by atoms with Crippen molar-refractivity contribution in [2.45, 2.75) is 6.42 Å². The number of ether oxygens (including phenoxy) is 1. The molecule has 6 heteroatoms. The largest absolute Gasteiger partial charge is 0.491 e. The van der Waals surface area contributed by atoms with E-state index in [2.05, 4.69) is 15.3 Å². The Labute approximate surface area is 110 Å². The van der Waals surface area contributed by atoms with Crippen LogP contribution in [0.2, 0.25) is 0 Å². The van der Waals surface area contributed by atoms with Gasteiger partial charge in [-0.2, -0.15) is 4.98 Å². The van der Waals surface area contributed by atoms with Gasteiger partial charge in [0.05, 0.1) is 12.8 Å². The van der Waals surface area contributed by atoms with Crippen molar-refractivity contribution in [3.63, 3.8) is 0 Å². The van der Waals surface area contributed by atoms with Crippen LogP contribution in [0.1, 0.15) is 5.56 Å². The van der Waals surface area contributed by atoms with Crippen molar-refractivity contribution >= 4 is 12.2 Å². The van der Waals surface area contributed by atoms with E-state index in [-0.39, 0.29) is 17.6 Å². The highest BCUT2D eigenvalue weighted by Gasteiger charge is 2.06. The highest BCUT2D eigenvalue weighted by Crippen LogP contribution is 2.19. The molecule has 0 aliphatic heterocycles. The summed E-state index contributed by atoms with van der Waals surface area (Å²) in [6.45, 7) is 0.435. The molecular formula is C13H13N3O3. The van der Waals surface area contributed by atoms with E-state index in [9.17, 15) is 9.90 Å². The number of rotatable bonds is 6. The molecule has 1 aromatic carbocycles. The number of aromatic nitrogens is 2. The molecule has 0 saturated heterocycles. The number of amides is 1. The van der Waals surface area contributed by atoms with Crippen molar-refractivity contribution in [2.24, 2.45) is 0 Å². The molecule has 2 N–H and O–H groups in total. The molecule has 0 saturated carbocycles. The summed E-state index contributed by atoms with van der Waals surface area (Å²) < 4.78 is 5.41. The Hall–Kier alpha value is -2.63. The van der Waals surface area contributed by atoms with Crippen LogP contribution in [0.5, 0.6) is 11.8 Å². The van der Waals surface area contributed by atoms with Crippen LogP contribution in [-0.4, -0.2) is 28.1 Å². The lowest BCUT2D eigenvalue weighted by Crippen LogP contribution is -2.05. The minimum atomic E-state index is -0.345. The fraction of sp³-hybridized carbons (Fsp3) is 0.154. The Kier molecular flexibility index (Phi) is 4.28. The van der Waals surface area contributed by atoms with Crippen molar-refractivity contribution < 1.29 is 14.6 Å². The van der Waals surface area contributed by atoms with Gasteiger partial charge in [0.1, 0.15) is 0 Å². The van der Waals surface area contributed by atoms with Gasteiger partial charge in [-0.3, -0.25) is 4.79 Å². The van der Waals surface area contributed by atoms with Crippen LogP contribution in [0.15, 0.2) is 36.5 Å². The minimum absolute atomic E-state index is 0.0211. The molecule has 2 aromatic rings. The maximum absolute atomic E-state index is 10.3. The second-order valence-corrected chi connectivity index (χ2v) is 3.73. The van der Waals surface area contributed by atoms with Crippen molar-refractivity contribution in [1.82, 2.24) is 9.97 Å². The Bertz CT molecular complexity index is 546. The van der Waals surface area contributed by atoms with Crippen LogP contribution in [0.25, 0.3) is 0 Å². The zero-order chi connectivity index (χ0) is 13.5. The zero-order valence-electron chi connectivity index (χ0n) is 10.1. The van der Waals surface area contributed by atoms with Crippen LogP contribution in [0.4, 0.5) is 5.82 Å². The van der Waals surface area contributed by atoms with E-state index in [1.165, 1.54) is 6.20 Å². The number of hydrogen-bond donors (Lipinski definition) is 2. The van der Waals surface area contributed by atoms with Gasteiger partial charge in [0.2, 0.25) is 12.3 Å². The lowest BCUT2D eigenvalue weighted by molar-refractivity contribution is -0.105. The van der Waals surface area contributed by atoms with Crippen LogP contribution in [0.3, 0.4) is 0 Å². The first kappa shape index (κ1) is 12.8. The van der Waals surface area contributed by atoms with Crippen molar-refractivity contribution in [3.8, 4) is 11.8 Å². The summed E-state index contributed by atoms with van der Waals surface area (Å²) in [7, 11) is 0. The summed E-state index contributed by atoms with van der Waals surface area (Å²) in [5.74, 6) is -0.118. The highest BCUT2D eigenvalue weighted by atomic mass is 16.5. The van der Waals surface area contributed by atoms with Gasteiger partial charge in [0, 0.05) is 6.42 Å². The zero-order valence-corrected chi connectivity index (χ0v) is 10.1. The van der Waals surface area contributed by atoms with E-state index >= 15 is 0 Å². The normalized spacial score (nSPS) is 9.89. The molecular weight excluding hydrogens is 246 g/mol. The van der Waals surface area contributed by atoms with Gasteiger partial charge in [0.25, 0.3) is 5.88 Å². The molecule has 0 radical (unpaired) electrons. The molecule has 0 bridgehead atoms. The number of nitrogens with zero attached hydrogens (tertiary/aromatic N) is 2. The average Bonchev–Trinajstić information content (AvgIpc) is 2.44. The third-order valence-electron chi connectivity index (χ3n) is 2.41. The van der Waals surface area contributed by atoms with Gasteiger partial charge in [0.15, 0.2) is 5.82 Å². The molecule has 1 heterocycles. The van der Waals surface area contributed by atoms with E-state index in [1.807, 2.05) is 30.3 Å². The maximum atomic E-state index is 10.3.